The van der Waals surface area contributed by atoms with E-state index in [2.05, 4.69) is 5.32 Å². The van der Waals surface area contributed by atoms with E-state index >= 15 is 0 Å². The lowest BCUT2D eigenvalue weighted by Gasteiger charge is -2.12. The van der Waals surface area contributed by atoms with Gasteiger partial charge in [0, 0.05) is 15.4 Å². The largest absolute Gasteiger partial charge is 0.465 e. The molecule has 0 saturated heterocycles. The van der Waals surface area contributed by atoms with Crippen LogP contribution in [0.4, 0.5) is 5.69 Å². The second-order valence-electron chi connectivity index (χ2n) is 5.43. The van der Waals surface area contributed by atoms with Crippen molar-refractivity contribution in [3.8, 4) is 0 Å². The van der Waals surface area contributed by atoms with E-state index in [1.54, 1.807) is 48.2 Å². The van der Waals surface area contributed by atoms with Crippen LogP contribution < -0.4 is 5.32 Å². The summed E-state index contributed by atoms with van der Waals surface area (Å²) in [5.74, 6) is -0.776. The maximum absolute atomic E-state index is 12.5. The lowest BCUT2D eigenvalue weighted by atomic mass is 10.1. The molecule has 3 rings (SSSR count). The lowest BCUT2D eigenvalue weighted by molar-refractivity contribution is 0.0602. The fourth-order valence-electron chi connectivity index (χ4n) is 2.39. The monoisotopic (exact) mass is 363 g/mol. The highest BCUT2D eigenvalue weighted by atomic mass is 32.2. The number of anilines is 1. The van der Waals surface area contributed by atoms with Gasteiger partial charge in [0.15, 0.2) is 0 Å². The molecule has 0 fully saturated rings. The molecule has 0 atom stereocenters. The summed E-state index contributed by atoms with van der Waals surface area (Å²) in [6, 6.07) is 24.0. The first-order valence-electron chi connectivity index (χ1n) is 7.99. The van der Waals surface area contributed by atoms with E-state index in [1.807, 2.05) is 42.5 Å². The first-order valence-corrected chi connectivity index (χ1v) is 8.80. The minimum absolute atomic E-state index is 0.280. The molecule has 0 spiro atoms. The normalized spacial score (nSPS) is 10.2. The average Bonchev–Trinajstić information content (AvgIpc) is 2.69. The predicted molar refractivity (Wildman–Crippen MR) is 103 cm³/mol. The van der Waals surface area contributed by atoms with E-state index in [0.29, 0.717) is 16.8 Å². The van der Waals surface area contributed by atoms with Gasteiger partial charge in [0.05, 0.1) is 18.4 Å². The third-order valence-electron chi connectivity index (χ3n) is 3.66. The van der Waals surface area contributed by atoms with Crippen LogP contribution in [0.2, 0.25) is 0 Å². The zero-order valence-corrected chi connectivity index (χ0v) is 15.0. The van der Waals surface area contributed by atoms with Gasteiger partial charge in [-0.05, 0) is 42.5 Å². The Morgan fingerprint density at radius 3 is 2.15 bits per heavy atom. The Bertz CT molecular complexity index is 911. The molecule has 0 heterocycles. The predicted octanol–water partition coefficient (Wildman–Crippen LogP) is 4.88. The summed E-state index contributed by atoms with van der Waals surface area (Å²) in [5.41, 5.74) is 1.25. The van der Waals surface area contributed by atoms with Crippen molar-refractivity contribution in [3.63, 3.8) is 0 Å². The average molecular weight is 363 g/mol. The van der Waals surface area contributed by atoms with E-state index in [9.17, 15) is 9.59 Å². The fourth-order valence-corrected chi connectivity index (χ4v) is 3.27. The maximum atomic E-state index is 12.5. The van der Waals surface area contributed by atoms with Crippen molar-refractivity contribution in [1.82, 2.24) is 0 Å². The summed E-state index contributed by atoms with van der Waals surface area (Å²) in [6.45, 7) is 0. The smallest absolute Gasteiger partial charge is 0.339 e. The van der Waals surface area contributed by atoms with Crippen LogP contribution in [0.15, 0.2) is 88.7 Å². The second-order valence-corrected chi connectivity index (χ2v) is 6.58. The van der Waals surface area contributed by atoms with E-state index < -0.39 is 5.97 Å². The summed E-state index contributed by atoms with van der Waals surface area (Å²) in [7, 11) is 1.32. The first kappa shape index (κ1) is 17.8. The molecule has 0 aliphatic carbocycles. The van der Waals surface area contributed by atoms with Crippen LogP contribution in [0.1, 0.15) is 20.7 Å². The SMILES string of the molecule is COC(=O)c1ccc(Sc2ccccc2)cc1NC(=O)c1ccccc1. The Labute approximate surface area is 156 Å². The van der Waals surface area contributed by atoms with E-state index in [4.69, 9.17) is 4.74 Å². The molecule has 0 bridgehead atoms. The highest BCUT2D eigenvalue weighted by Crippen LogP contribution is 2.31. The summed E-state index contributed by atoms with van der Waals surface area (Å²) in [6.07, 6.45) is 0. The molecule has 26 heavy (non-hydrogen) atoms. The number of hydrogen-bond donors (Lipinski definition) is 1. The zero-order valence-electron chi connectivity index (χ0n) is 14.1. The van der Waals surface area contributed by atoms with Gasteiger partial charge in [0.2, 0.25) is 0 Å². The van der Waals surface area contributed by atoms with Crippen LogP contribution in [0.3, 0.4) is 0 Å². The van der Waals surface area contributed by atoms with Gasteiger partial charge in [-0.25, -0.2) is 4.79 Å². The van der Waals surface area contributed by atoms with Crippen molar-refractivity contribution >= 4 is 29.3 Å². The van der Waals surface area contributed by atoms with Crippen molar-refractivity contribution in [2.75, 3.05) is 12.4 Å². The van der Waals surface area contributed by atoms with Gasteiger partial charge < -0.3 is 10.1 Å². The maximum Gasteiger partial charge on any atom is 0.339 e. The van der Waals surface area contributed by atoms with Gasteiger partial charge in [0.1, 0.15) is 0 Å². The molecule has 1 N–H and O–H groups in total. The molecule has 1 amide bonds. The third-order valence-corrected chi connectivity index (χ3v) is 4.66. The molecule has 0 aromatic heterocycles. The molecular weight excluding hydrogens is 346 g/mol. The Morgan fingerprint density at radius 2 is 1.50 bits per heavy atom. The molecule has 0 radical (unpaired) electrons. The number of carbonyl (C=O) groups excluding carboxylic acids is 2. The molecule has 0 aliphatic heterocycles. The van der Waals surface area contributed by atoms with Crippen LogP contribution in [0.5, 0.6) is 0 Å². The number of carbonyl (C=O) groups is 2. The van der Waals surface area contributed by atoms with Crippen molar-refractivity contribution in [2.45, 2.75) is 9.79 Å². The number of ether oxygens (including phenoxy) is 1. The number of benzene rings is 3. The van der Waals surface area contributed by atoms with Crippen LogP contribution in [0, 0.1) is 0 Å². The minimum atomic E-state index is -0.496. The Hall–Kier alpha value is -3.05. The zero-order chi connectivity index (χ0) is 18.4. The van der Waals surface area contributed by atoms with Crippen molar-refractivity contribution in [2.24, 2.45) is 0 Å². The Balaban J connectivity index is 1.90. The van der Waals surface area contributed by atoms with Gasteiger partial charge in [-0.15, -0.1) is 0 Å². The van der Waals surface area contributed by atoms with E-state index in [1.165, 1.54) is 7.11 Å². The van der Waals surface area contributed by atoms with Crippen molar-refractivity contribution < 1.29 is 14.3 Å². The van der Waals surface area contributed by atoms with Gasteiger partial charge in [0.25, 0.3) is 5.91 Å². The molecule has 4 nitrogen and oxygen atoms in total. The number of esters is 1. The number of amides is 1. The Kier molecular flexibility index (Phi) is 5.71. The van der Waals surface area contributed by atoms with Crippen LogP contribution in [-0.4, -0.2) is 19.0 Å². The van der Waals surface area contributed by atoms with Crippen molar-refractivity contribution in [1.29, 1.82) is 0 Å². The number of methoxy groups -OCH3 is 1. The van der Waals surface area contributed by atoms with Gasteiger partial charge in [-0.3, -0.25) is 4.79 Å². The Morgan fingerprint density at radius 1 is 0.846 bits per heavy atom. The van der Waals surface area contributed by atoms with Crippen LogP contribution in [-0.2, 0) is 4.74 Å². The topological polar surface area (TPSA) is 55.4 Å². The fraction of sp³-hybridized carbons (Fsp3) is 0.0476. The van der Waals surface area contributed by atoms with Crippen LogP contribution in [0.25, 0.3) is 0 Å². The third kappa shape index (κ3) is 4.32. The molecular formula is C21H17NO3S. The summed E-state index contributed by atoms with van der Waals surface area (Å²) < 4.78 is 4.83. The standard InChI is InChI=1S/C21H17NO3S/c1-25-21(24)18-13-12-17(26-16-10-6-3-7-11-16)14-19(18)22-20(23)15-8-4-2-5-9-15/h2-14H,1H3,(H,22,23). The van der Waals surface area contributed by atoms with Gasteiger partial charge >= 0.3 is 5.97 Å². The first-order chi connectivity index (χ1) is 12.7. The highest BCUT2D eigenvalue weighted by Gasteiger charge is 2.16. The quantitative estimate of drug-likeness (QED) is 0.657. The number of hydrogen-bond acceptors (Lipinski definition) is 4. The van der Waals surface area contributed by atoms with Gasteiger partial charge in [-0.2, -0.15) is 0 Å². The molecule has 0 aliphatic rings. The van der Waals surface area contributed by atoms with Gasteiger partial charge in [-0.1, -0.05) is 48.2 Å². The summed E-state index contributed by atoms with van der Waals surface area (Å²) in [5, 5.41) is 2.82. The molecule has 0 unspecified atom stereocenters. The van der Waals surface area contributed by atoms with E-state index in [-0.39, 0.29) is 5.91 Å². The summed E-state index contributed by atoms with van der Waals surface area (Å²) in [4.78, 5) is 26.5. The molecule has 3 aromatic carbocycles. The molecule has 0 saturated carbocycles. The number of nitrogens with one attached hydrogen (secondary N) is 1. The number of rotatable bonds is 5. The lowest BCUT2D eigenvalue weighted by Crippen LogP contribution is -2.15. The molecule has 5 heteroatoms. The minimum Gasteiger partial charge on any atom is -0.465 e. The molecule has 130 valence electrons. The molecule has 3 aromatic rings. The summed E-state index contributed by atoms with van der Waals surface area (Å²) >= 11 is 1.55. The van der Waals surface area contributed by atoms with Crippen LogP contribution >= 0.6 is 11.8 Å². The van der Waals surface area contributed by atoms with E-state index in [0.717, 1.165) is 9.79 Å². The highest BCUT2D eigenvalue weighted by molar-refractivity contribution is 7.99. The van der Waals surface area contributed by atoms with Crippen molar-refractivity contribution in [3.05, 3.63) is 90.0 Å². The second kappa shape index (κ2) is 8.36.